The molecule has 0 radical (unpaired) electrons. The minimum atomic E-state index is -0.271. The van der Waals surface area contributed by atoms with E-state index < -0.39 is 0 Å². The van der Waals surface area contributed by atoms with E-state index in [-0.39, 0.29) is 30.3 Å². The highest BCUT2D eigenvalue weighted by molar-refractivity contribution is 7.18. The monoisotopic (exact) mass is 417 g/mol. The Morgan fingerprint density at radius 2 is 1.93 bits per heavy atom. The second-order valence-electron chi connectivity index (χ2n) is 7.86. The minimum Gasteiger partial charge on any atom is -0.333 e. The van der Waals surface area contributed by atoms with Crippen molar-refractivity contribution in [3.8, 4) is 0 Å². The van der Waals surface area contributed by atoms with Gasteiger partial charge in [-0.25, -0.2) is 4.98 Å². The van der Waals surface area contributed by atoms with Gasteiger partial charge in [-0.2, -0.15) is 0 Å². The maximum atomic E-state index is 13.4. The summed E-state index contributed by atoms with van der Waals surface area (Å²) in [6.45, 7) is 2.29. The summed E-state index contributed by atoms with van der Waals surface area (Å²) in [4.78, 5) is 34.1. The predicted octanol–water partition coefficient (Wildman–Crippen LogP) is 4.92. The van der Waals surface area contributed by atoms with Crippen LogP contribution in [0.25, 0.3) is 16.3 Å². The molecule has 5 nitrogen and oxygen atoms in total. The SMILES string of the molecule is CC(=O)N1C=Cc2ccccc2[C@@H]1CC(=O)N1CCC[C@H]1c1nc2ccccc2s1. The molecule has 3 aromatic rings. The number of hydrogen-bond acceptors (Lipinski definition) is 4. The van der Waals surface area contributed by atoms with Gasteiger partial charge in [0, 0.05) is 19.7 Å². The van der Waals surface area contributed by atoms with E-state index >= 15 is 0 Å². The topological polar surface area (TPSA) is 53.5 Å². The van der Waals surface area contributed by atoms with Gasteiger partial charge in [0.1, 0.15) is 5.01 Å². The van der Waals surface area contributed by atoms with Crippen molar-refractivity contribution in [1.29, 1.82) is 0 Å². The van der Waals surface area contributed by atoms with E-state index in [1.165, 1.54) is 0 Å². The predicted molar refractivity (Wildman–Crippen MR) is 119 cm³/mol. The molecule has 152 valence electrons. The third-order valence-electron chi connectivity index (χ3n) is 6.01. The van der Waals surface area contributed by atoms with Crippen LogP contribution in [0.4, 0.5) is 0 Å². The lowest BCUT2D eigenvalue weighted by molar-refractivity contribution is -0.135. The molecule has 0 unspecified atom stereocenters. The van der Waals surface area contributed by atoms with Crippen molar-refractivity contribution in [2.75, 3.05) is 6.54 Å². The van der Waals surface area contributed by atoms with Crippen LogP contribution in [-0.2, 0) is 9.59 Å². The van der Waals surface area contributed by atoms with Gasteiger partial charge in [-0.05, 0) is 42.2 Å². The maximum absolute atomic E-state index is 13.4. The van der Waals surface area contributed by atoms with Crippen LogP contribution in [0.3, 0.4) is 0 Å². The summed E-state index contributed by atoms with van der Waals surface area (Å²) < 4.78 is 1.15. The molecule has 0 aliphatic carbocycles. The van der Waals surface area contributed by atoms with Crippen molar-refractivity contribution in [1.82, 2.24) is 14.8 Å². The van der Waals surface area contributed by atoms with Gasteiger partial charge in [-0.3, -0.25) is 9.59 Å². The van der Waals surface area contributed by atoms with Crippen molar-refractivity contribution in [2.24, 2.45) is 0 Å². The molecule has 1 aromatic heterocycles. The van der Waals surface area contributed by atoms with E-state index in [1.807, 2.05) is 53.4 Å². The Kier molecular flexibility index (Phi) is 4.87. The van der Waals surface area contributed by atoms with Crippen molar-refractivity contribution < 1.29 is 9.59 Å². The van der Waals surface area contributed by atoms with Crippen molar-refractivity contribution >= 4 is 39.4 Å². The van der Waals surface area contributed by atoms with Crippen LogP contribution in [0.5, 0.6) is 0 Å². The molecule has 0 spiro atoms. The Balaban J connectivity index is 1.42. The average Bonchev–Trinajstić information content (AvgIpc) is 3.40. The smallest absolute Gasteiger partial charge is 0.225 e. The lowest BCUT2D eigenvalue weighted by atomic mass is 9.93. The number of amides is 2. The molecule has 3 heterocycles. The zero-order valence-corrected chi connectivity index (χ0v) is 17.6. The second-order valence-corrected chi connectivity index (χ2v) is 8.92. The molecule has 2 aliphatic rings. The van der Waals surface area contributed by atoms with Crippen LogP contribution in [0.1, 0.15) is 54.4 Å². The fourth-order valence-electron chi connectivity index (χ4n) is 4.55. The summed E-state index contributed by atoms with van der Waals surface area (Å²) in [6.07, 6.45) is 5.94. The van der Waals surface area contributed by atoms with Crippen LogP contribution in [-0.4, -0.2) is 33.1 Å². The molecule has 2 amide bonds. The summed E-state index contributed by atoms with van der Waals surface area (Å²) in [5.41, 5.74) is 3.09. The molecule has 0 bridgehead atoms. The van der Waals surface area contributed by atoms with Gasteiger partial charge in [0.2, 0.25) is 11.8 Å². The van der Waals surface area contributed by atoms with E-state index in [2.05, 4.69) is 6.07 Å². The number of likely N-dealkylation sites (tertiary alicyclic amines) is 1. The molecule has 0 N–H and O–H groups in total. The number of thiazole rings is 1. The highest BCUT2D eigenvalue weighted by atomic mass is 32.1. The molecule has 5 rings (SSSR count). The summed E-state index contributed by atoms with van der Waals surface area (Å²) in [6, 6.07) is 15.9. The molecular weight excluding hydrogens is 394 g/mol. The number of hydrogen-bond donors (Lipinski definition) is 0. The van der Waals surface area contributed by atoms with E-state index in [1.54, 1.807) is 29.4 Å². The third kappa shape index (κ3) is 3.31. The number of rotatable bonds is 3. The van der Waals surface area contributed by atoms with Crippen molar-refractivity contribution in [3.63, 3.8) is 0 Å². The van der Waals surface area contributed by atoms with E-state index in [4.69, 9.17) is 4.98 Å². The standard InChI is InChI=1S/C24H23N3O2S/c1-16(28)26-14-12-17-7-2-3-8-18(17)21(26)15-23(29)27-13-6-10-20(27)24-25-19-9-4-5-11-22(19)30-24/h2-5,7-9,11-12,14,20-21H,6,10,13,15H2,1H3/t20-,21-/m0/s1. The van der Waals surface area contributed by atoms with Gasteiger partial charge in [0.15, 0.2) is 0 Å². The number of para-hydroxylation sites is 1. The first-order valence-electron chi connectivity index (χ1n) is 10.3. The minimum absolute atomic E-state index is 0.0232. The lowest BCUT2D eigenvalue weighted by Gasteiger charge is -2.34. The number of carbonyl (C=O) groups excluding carboxylic acids is 2. The van der Waals surface area contributed by atoms with Crippen LogP contribution in [0.2, 0.25) is 0 Å². The lowest BCUT2D eigenvalue weighted by Crippen LogP contribution is -2.37. The van der Waals surface area contributed by atoms with Gasteiger partial charge in [-0.15, -0.1) is 11.3 Å². The number of carbonyl (C=O) groups is 2. The summed E-state index contributed by atoms with van der Waals surface area (Å²) in [5, 5.41) is 1.01. The van der Waals surface area contributed by atoms with Gasteiger partial charge in [-0.1, -0.05) is 36.4 Å². The summed E-state index contributed by atoms with van der Waals surface area (Å²) in [7, 11) is 0. The number of fused-ring (bicyclic) bond motifs is 2. The maximum Gasteiger partial charge on any atom is 0.225 e. The zero-order chi connectivity index (χ0) is 20.7. The third-order valence-corrected chi connectivity index (χ3v) is 7.14. The normalized spacial score (nSPS) is 20.6. The van der Waals surface area contributed by atoms with Crippen LogP contribution in [0, 0.1) is 0 Å². The molecule has 30 heavy (non-hydrogen) atoms. The molecule has 1 saturated heterocycles. The molecule has 6 heteroatoms. The Morgan fingerprint density at radius 3 is 2.77 bits per heavy atom. The van der Waals surface area contributed by atoms with Crippen LogP contribution < -0.4 is 0 Å². The highest BCUT2D eigenvalue weighted by Gasteiger charge is 2.35. The molecule has 2 aliphatic heterocycles. The van der Waals surface area contributed by atoms with Gasteiger partial charge in [0.05, 0.1) is 28.7 Å². The molecule has 0 saturated carbocycles. The Morgan fingerprint density at radius 1 is 1.13 bits per heavy atom. The first kappa shape index (κ1) is 19.0. The van der Waals surface area contributed by atoms with Crippen LogP contribution in [0.15, 0.2) is 54.7 Å². The quantitative estimate of drug-likeness (QED) is 0.608. The van der Waals surface area contributed by atoms with Crippen molar-refractivity contribution in [3.05, 3.63) is 70.9 Å². The fourth-order valence-corrected chi connectivity index (χ4v) is 5.67. The Bertz CT molecular complexity index is 1120. The summed E-state index contributed by atoms with van der Waals surface area (Å²) in [5.74, 6) is 0.0285. The van der Waals surface area contributed by atoms with Gasteiger partial charge in [0.25, 0.3) is 0 Å². The van der Waals surface area contributed by atoms with Gasteiger partial charge >= 0.3 is 0 Å². The number of benzene rings is 2. The fraction of sp³-hybridized carbons (Fsp3) is 0.292. The Labute approximate surface area is 179 Å². The first-order valence-corrected chi connectivity index (χ1v) is 11.1. The molecule has 1 fully saturated rings. The van der Waals surface area contributed by atoms with E-state index in [0.29, 0.717) is 0 Å². The number of nitrogens with zero attached hydrogens (tertiary/aromatic N) is 3. The molecular formula is C24H23N3O2S. The van der Waals surface area contributed by atoms with Gasteiger partial charge < -0.3 is 9.80 Å². The largest absolute Gasteiger partial charge is 0.333 e. The van der Waals surface area contributed by atoms with Crippen LogP contribution >= 0.6 is 11.3 Å². The molecule has 2 atom stereocenters. The first-order chi connectivity index (χ1) is 14.6. The highest BCUT2D eigenvalue weighted by Crippen LogP contribution is 2.39. The summed E-state index contributed by atoms with van der Waals surface area (Å²) >= 11 is 1.68. The van der Waals surface area contributed by atoms with E-state index in [9.17, 15) is 9.59 Å². The zero-order valence-electron chi connectivity index (χ0n) is 16.8. The number of aromatic nitrogens is 1. The van der Waals surface area contributed by atoms with E-state index in [0.717, 1.165) is 45.7 Å². The second kappa shape index (κ2) is 7.69. The Hall–Kier alpha value is -2.99. The average molecular weight is 418 g/mol. The molecule has 2 aromatic carbocycles. The van der Waals surface area contributed by atoms with Crippen molar-refractivity contribution in [2.45, 2.75) is 38.3 Å².